The first kappa shape index (κ1) is 13.2. The molecule has 3 fully saturated rings. The molecule has 7 heteroatoms. The van der Waals surface area contributed by atoms with Crippen molar-refractivity contribution < 1.29 is 14.3 Å². The van der Waals surface area contributed by atoms with Crippen LogP contribution in [-0.4, -0.2) is 90.1 Å². The Balaban J connectivity index is 1.55. The van der Waals surface area contributed by atoms with E-state index in [2.05, 4.69) is 4.90 Å². The van der Waals surface area contributed by atoms with Crippen molar-refractivity contribution in [2.45, 2.75) is 6.04 Å². The number of carbonyl (C=O) groups is 2. The molecular weight excluding hydrogens is 266 g/mol. The molecule has 0 radical (unpaired) electrons. The van der Waals surface area contributed by atoms with E-state index in [1.54, 1.807) is 21.6 Å². The van der Waals surface area contributed by atoms with Crippen LogP contribution >= 0.6 is 11.8 Å². The number of nitrogens with zero attached hydrogens (tertiary/aromatic N) is 3. The first-order valence-corrected chi connectivity index (χ1v) is 7.87. The third-order valence-electron chi connectivity index (χ3n) is 3.92. The highest BCUT2D eigenvalue weighted by atomic mass is 32.2. The summed E-state index contributed by atoms with van der Waals surface area (Å²) >= 11 is 1.67. The van der Waals surface area contributed by atoms with Crippen molar-refractivity contribution in [2.24, 2.45) is 0 Å². The second-order valence-corrected chi connectivity index (χ2v) is 6.09. The molecule has 3 aliphatic rings. The van der Waals surface area contributed by atoms with Crippen molar-refractivity contribution in [2.75, 3.05) is 57.6 Å². The Kier molecular flexibility index (Phi) is 3.95. The molecule has 0 spiro atoms. The van der Waals surface area contributed by atoms with Crippen LogP contribution in [0.1, 0.15) is 0 Å². The minimum Gasteiger partial charge on any atom is -0.379 e. The van der Waals surface area contributed by atoms with Crippen molar-refractivity contribution >= 4 is 23.6 Å². The Bertz CT molecular complexity index is 373. The minimum atomic E-state index is -0.212. The van der Waals surface area contributed by atoms with Gasteiger partial charge in [-0.05, 0) is 0 Å². The summed E-state index contributed by atoms with van der Waals surface area (Å²) in [6, 6.07) is -0.212. The number of carbonyl (C=O) groups excluding carboxylic acids is 2. The van der Waals surface area contributed by atoms with Crippen LogP contribution in [0.4, 0.5) is 0 Å². The predicted molar refractivity (Wildman–Crippen MR) is 71.8 cm³/mol. The van der Waals surface area contributed by atoms with E-state index in [0.717, 1.165) is 38.6 Å². The van der Waals surface area contributed by atoms with E-state index in [1.165, 1.54) is 0 Å². The van der Waals surface area contributed by atoms with Gasteiger partial charge in [-0.25, -0.2) is 0 Å². The number of amides is 2. The van der Waals surface area contributed by atoms with Crippen molar-refractivity contribution in [3.8, 4) is 0 Å². The average molecular weight is 285 g/mol. The summed E-state index contributed by atoms with van der Waals surface area (Å²) in [7, 11) is 0. The summed E-state index contributed by atoms with van der Waals surface area (Å²) in [4.78, 5) is 30.0. The molecular formula is C12H19N3O3S. The lowest BCUT2D eigenvalue weighted by Gasteiger charge is -2.37. The molecule has 0 aromatic carbocycles. The Morgan fingerprint density at radius 3 is 2.79 bits per heavy atom. The van der Waals surface area contributed by atoms with E-state index < -0.39 is 0 Å². The van der Waals surface area contributed by atoms with Crippen molar-refractivity contribution in [1.29, 1.82) is 0 Å². The van der Waals surface area contributed by atoms with E-state index in [1.807, 2.05) is 0 Å². The van der Waals surface area contributed by atoms with Gasteiger partial charge in [-0.15, -0.1) is 11.8 Å². The average Bonchev–Trinajstić information content (AvgIpc) is 2.92. The third-order valence-corrected chi connectivity index (χ3v) is 4.93. The highest BCUT2D eigenvalue weighted by molar-refractivity contribution is 7.99. The van der Waals surface area contributed by atoms with Gasteiger partial charge in [0.15, 0.2) is 0 Å². The fourth-order valence-electron chi connectivity index (χ4n) is 2.71. The van der Waals surface area contributed by atoms with Gasteiger partial charge in [0.05, 0.1) is 25.6 Å². The van der Waals surface area contributed by atoms with Gasteiger partial charge in [0.2, 0.25) is 11.8 Å². The molecule has 0 aliphatic carbocycles. The normalized spacial score (nSPS) is 28.9. The SMILES string of the molecule is O=C1[C@H]2CSCN2C(=O)CN1CCN1CCOCC1. The fourth-order valence-corrected chi connectivity index (χ4v) is 3.88. The number of thioether (sulfide) groups is 1. The lowest BCUT2D eigenvalue weighted by molar-refractivity contribution is -0.153. The quantitative estimate of drug-likeness (QED) is 0.670. The Morgan fingerprint density at radius 1 is 1.21 bits per heavy atom. The maximum Gasteiger partial charge on any atom is 0.246 e. The van der Waals surface area contributed by atoms with Crippen LogP contribution in [0.25, 0.3) is 0 Å². The first-order valence-electron chi connectivity index (χ1n) is 6.72. The third kappa shape index (κ3) is 2.73. The summed E-state index contributed by atoms with van der Waals surface area (Å²) in [6.45, 7) is 5.10. The second-order valence-electron chi connectivity index (χ2n) is 5.09. The van der Waals surface area contributed by atoms with Gasteiger partial charge in [0.1, 0.15) is 6.04 Å². The van der Waals surface area contributed by atoms with E-state index >= 15 is 0 Å². The lowest BCUT2D eigenvalue weighted by atomic mass is 10.2. The van der Waals surface area contributed by atoms with Crippen LogP contribution in [0.15, 0.2) is 0 Å². The topological polar surface area (TPSA) is 53.1 Å². The molecule has 0 unspecified atom stereocenters. The second kappa shape index (κ2) is 5.68. The highest BCUT2D eigenvalue weighted by Crippen LogP contribution is 2.25. The van der Waals surface area contributed by atoms with Crippen LogP contribution in [0.5, 0.6) is 0 Å². The van der Waals surface area contributed by atoms with Gasteiger partial charge in [0, 0.05) is 31.9 Å². The van der Waals surface area contributed by atoms with Gasteiger partial charge in [-0.3, -0.25) is 14.5 Å². The summed E-state index contributed by atoms with van der Waals surface area (Å²) in [5.74, 6) is 1.64. The molecule has 3 saturated heterocycles. The largest absolute Gasteiger partial charge is 0.379 e. The standard InChI is InChI=1S/C12H19N3O3S/c16-11-7-14(2-1-13-3-5-18-6-4-13)12(17)10-8-19-9-15(10)11/h10H,1-9H2/t10-/m1/s1. The van der Waals surface area contributed by atoms with Gasteiger partial charge in [0.25, 0.3) is 0 Å². The Morgan fingerprint density at radius 2 is 2.00 bits per heavy atom. The molecule has 6 nitrogen and oxygen atoms in total. The van der Waals surface area contributed by atoms with Gasteiger partial charge in [-0.2, -0.15) is 0 Å². The summed E-state index contributed by atoms with van der Waals surface area (Å²) < 4.78 is 5.30. The number of piperazine rings is 1. The fraction of sp³-hybridized carbons (Fsp3) is 0.833. The molecule has 19 heavy (non-hydrogen) atoms. The monoisotopic (exact) mass is 285 g/mol. The molecule has 0 aromatic rings. The van der Waals surface area contributed by atoms with E-state index in [4.69, 9.17) is 4.74 Å². The smallest absolute Gasteiger partial charge is 0.246 e. The molecule has 0 N–H and O–H groups in total. The summed E-state index contributed by atoms with van der Waals surface area (Å²) in [6.07, 6.45) is 0. The molecule has 1 atom stereocenters. The van der Waals surface area contributed by atoms with Crippen LogP contribution in [0.3, 0.4) is 0 Å². The number of hydrogen-bond acceptors (Lipinski definition) is 5. The zero-order chi connectivity index (χ0) is 13.2. The molecule has 2 amide bonds. The summed E-state index contributed by atoms with van der Waals surface area (Å²) in [5, 5.41) is 0. The van der Waals surface area contributed by atoms with Crippen LogP contribution in [0, 0.1) is 0 Å². The highest BCUT2D eigenvalue weighted by Gasteiger charge is 2.42. The maximum absolute atomic E-state index is 12.3. The van der Waals surface area contributed by atoms with Crippen LogP contribution in [0.2, 0.25) is 0 Å². The first-order chi connectivity index (χ1) is 9.25. The van der Waals surface area contributed by atoms with Crippen LogP contribution < -0.4 is 0 Å². The summed E-state index contributed by atoms with van der Waals surface area (Å²) in [5.41, 5.74) is 0. The van der Waals surface area contributed by atoms with Gasteiger partial charge >= 0.3 is 0 Å². The lowest BCUT2D eigenvalue weighted by Crippen LogP contribution is -2.59. The van der Waals surface area contributed by atoms with Crippen molar-refractivity contribution in [3.63, 3.8) is 0 Å². The Labute approximate surface area is 117 Å². The van der Waals surface area contributed by atoms with E-state index in [0.29, 0.717) is 12.4 Å². The number of rotatable bonds is 3. The zero-order valence-electron chi connectivity index (χ0n) is 10.9. The number of hydrogen-bond donors (Lipinski definition) is 0. The van der Waals surface area contributed by atoms with Gasteiger partial charge in [-0.1, -0.05) is 0 Å². The Hall–Kier alpha value is -0.790. The molecule has 3 rings (SSSR count). The number of fused-ring (bicyclic) bond motifs is 1. The molecule has 0 saturated carbocycles. The zero-order valence-corrected chi connectivity index (χ0v) is 11.7. The molecule has 3 heterocycles. The van der Waals surface area contributed by atoms with E-state index in [9.17, 15) is 9.59 Å². The van der Waals surface area contributed by atoms with Gasteiger partial charge < -0.3 is 14.5 Å². The minimum absolute atomic E-state index is 0.0941. The molecule has 106 valence electrons. The van der Waals surface area contributed by atoms with Crippen LogP contribution in [-0.2, 0) is 14.3 Å². The van der Waals surface area contributed by atoms with Crippen molar-refractivity contribution in [3.05, 3.63) is 0 Å². The number of morpholine rings is 1. The van der Waals surface area contributed by atoms with E-state index in [-0.39, 0.29) is 24.4 Å². The predicted octanol–water partition coefficient (Wildman–Crippen LogP) is -0.938. The van der Waals surface area contributed by atoms with Crippen molar-refractivity contribution in [1.82, 2.24) is 14.7 Å². The molecule has 0 bridgehead atoms. The molecule has 0 aromatic heterocycles. The number of ether oxygens (including phenoxy) is 1. The molecule has 3 aliphatic heterocycles. The maximum atomic E-state index is 12.3.